The molecule has 0 aromatic rings. The highest BCUT2D eigenvalue weighted by atomic mass is 31.2. The quantitative estimate of drug-likeness (QED) is 0.0744. The second kappa shape index (κ2) is 16.0. The van der Waals surface area contributed by atoms with Crippen molar-refractivity contribution >= 4 is 43.4 Å². The van der Waals surface area contributed by atoms with Crippen molar-refractivity contribution in [2.75, 3.05) is 13.2 Å². The molecule has 0 bridgehead atoms. The Kier molecular flexibility index (Phi) is 14.6. The number of amides is 4. The lowest BCUT2D eigenvalue weighted by Gasteiger charge is -2.27. The molecule has 0 aromatic heterocycles. The number of aliphatic hydroxyl groups excluding tert-OH is 1. The summed E-state index contributed by atoms with van der Waals surface area (Å²) in [6, 6.07) is -7.63. The number of carbonyl (C=O) groups is 6. The van der Waals surface area contributed by atoms with E-state index >= 15 is 0 Å². The lowest BCUT2D eigenvalue weighted by atomic mass is 10.0. The Morgan fingerprint density at radius 1 is 0.842 bits per heavy atom. The van der Waals surface area contributed by atoms with E-state index in [1.54, 1.807) is 0 Å². The molecule has 0 aliphatic carbocycles. The van der Waals surface area contributed by atoms with E-state index < -0.39 is 106 Å². The first-order chi connectivity index (χ1) is 17.4. The van der Waals surface area contributed by atoms with Gasteiger partial charge in [0.2, 0.25) is 23.6 Å². The van der Waals surface area contributed by atoms with E-state index in [0.717, 1.165) is 6.92 Å². The summed E-state index contributed by atoms with van der Waals surface area (Å²) in [7, 11) is -5.16. The summed E-state index contributed by atoms with van der Waals surface area (Å²) in [6.45, 7) is 2.27. The van der Waals surface area contributed by atoms with Crippen LogP contribution in [0.1, 0.15) is 33.6 Å². The number of nitrogens with two attached hydrogens (primary N) is 1. The van der Waals surface area contributed by atoms with Gasteiger partial charge < -0.3 is 52.1 Å². The molecule has 0 saturated carbocycles. The van der Waals surface area contributed by atoms with E-state index in [1.807, 2.05) is 5.32 Å². The van der Waals surface area contributed by atoms with E-state index in [1.165, 1.54) is 13.8 Å². The van der Waals surface area contributed by atoms with Gasteiger partial charge in [-0.3, -0.25) is 33.3 Å². The molecular formula is C19H34N5O13P. The summed E-state index contributed by atoms with van der Waals surface area (Å²) in [6.07, 6.45) is -1.15. The van der Waals surface area contributed by atoms with Gasteiger partial charge in [0.25, 0.3) is 0 Å². The molecule has 0 rings (SSSR count). The first-order valence-corrected chi connectivity index (χ1v) is 12.6. The van der Waals surface area contributed by atoms with Crippen molar-refractivity contribution in [1.29, 1.82) is 0 Å². The highest BCUT2D eigenvalue weighted by Gasteiger charge is 2.33. The van der Waals surface area contributed by atoms with Crippen molar-refractivity contribution in [3.8, 4) is 0 Å². The maximum absolute atomic E-state index is 12.9. The van der Waals surface area contributed by atoms with Crippen LogP contribution < -0.4 is 27.0 Å². The normalized spacial score (nSPS) is 15.4. The van der Waals surface area contributed by atoms with Crippen LogP contribution in [0.2, 0.25) is 0 Å². The van der Waals surface area contributed by atoms with Gasteiger partial charge in [0.05, 0.1) is 13.2 Å². The molecule has 0 aliphatic heterocycles. The van der Waals surface area contributed by atoms with Crippen molar-refractivity contribution in [1.82, 2.24) is 21.3 Å². The minimum atomic E-state index is -5.16. The van der Waals surface area contributed by atoms with Crippen LogP contribution in [0.4, 0.5) is 0 Å². The maximum Gasteiger partial charge on any atom is 0.469 e. The molecule has 19 heteroatoms. The lowest BCUT2D eigenvalue weighted by Crippen LogP contribution is -2.60. The number of carboxylic acid groups (broad SMARTS) is 2. The fourth-order valence-corrected chi connectivity index (χ4v) is 3.02. The summed E-state index contributed by atoms with van der Waals surface area (Å²) in [5.74, 6) is -7.66. The van der Waals surface area contributed by atoms with Gasteiger partial charge >= 0.3 is 19.8 Å². The molecule has 0 heterocycles. The van der Waals surface area contributed by atoms with Crippen molar-refractivity contribution in [3.63, 3.8) is 0 Å². The van der Waals surface area contributed by atoms with Crippen molar-refractivity contribution in [2.24, 2.45) is 11.7 Å². The Morgan fingerprint density at radius 3 is 1.82 bits per heavy atom. The number of carbonyl (C=O) groups excluding carboxylic acids is 4. The van der Waals surface area contributed by atoms with Gasteiger partial charge in [-0.05, 0) is 19.3 Å². The SMILES string of the molecule is CC(C)[C@H](NC(=O)[C@@H](N)CO)C(=O)N[C@@H](COP(=O)(O)O)C(=O)N[C@@H](CCC(=O)O)C(=O)N[C@@H](C)C(=O)O. The average molecular weight is 571 g/mol. The van der Waals surface area contributed by atoms with Crippen LogP contribution in [0.15, 0.2) is 0 Å². The number of aliphatic hydroxyl groups is 1. The van der Waals surface area contributed by atoms with Gasteiger partial charge in [0.1, 0.15) is 30.2 Å². The Bertz CT molecular complexity index is 925. The van der Waals surface area contributed by atoms with E-state index in [4.69, 9.17) is 30.8 Å². The number of carboxylic acids is 2. The molecule has 0 fully saturated rings. The van der Waals surface area contributed by atoms with Crippen LogP contribution in [0.5, 0.6) is 0 Å². The highest BCUT2D eigenvalue weighted by molar-refractivity contribution is 7.46. The van der Waals surface area contributed by atoms with Crippen molar-refractivity contribution in [2.45, 2.75) is 63.8 Å². The number of hydrogen-bond acceptors (Lipinski definition) is 10. The van der Waals surface area contributed by atoms with Gasteiger partial charge in [-0.2, -0.15) is 0 Å². The van der Waals surface area contributed by atoms with Gasteiger partial charge in [-0.15, -0.1) is 0 Å². The molecular weight excluding hydrogens is 537 g/mol. The van der Waals surface area contributed by atoms with Gasteiger partial charge in [-0.25, -0.2) is 4.57 Å². The van der Waals surface area contributed by atoms with Crippen LogP contribution in [0, 0.1) is 5.92 Å². The molecule has 0 unspecified atom stereocenters. The number of hydrogen-bond donors (Lipinski definition) is 10. The third-order valence-electron chi connectivity index (χ3n) is 4.83. The van der Waals surface area contributed by atoms with Crippen LogP contribution >= 0.6 is 7.82 Å². The summed E-state index contributed by atoms with van der Waals surface area (Å²) >= 11 is 0. The molecule has 0 spiro atoms. The largest absolute Gasteiger partial charge is 0.481 e. The minimum Gasteiger partial charge on any atom is -0.481 e. The molecule has 5 atom stereocenters. The fourth-order valence-electron chi connectivity index (χ4n) is 2.68. The van der Waals surface area contributed by atoms with E-state index in [-0.39, 0.29) is 0 Å². The molecule has 218 valence electrons. The molecule has 0 aliphatic rings. The molecule has 18 nitrogen and oxygen atoms in total. The minimum absolute atomic E-state index is 0.511. The lowest BCUT2D eigenvalue weighted by molar-refractivity contribution is -0.142. The first kappa shape index (κ1) is 34.9. The van der Waals surface area contributed by atoms with Crippen LogP contribution in [-0.4, -0.2) is 104 Å². The van der Waals surface area contributed by atoms with Crippen LogP contribution in [0.25, 0.3) is 0 Å². The fraction of sp³-hybridized carbons (Fsp3) is 0.684. The maximum atomic E-state index is 12.9. The average Bonchev–Trinajstić information content (AvgIpc) is 2.80. The number of rotatable bonds is 17. The Hall–Kier alpha value is -3.15. The monoisotopic (exact) mass is 571 g/mol. The number of phosphoric ester groups is 1. The van der Waals surface area contributed by atoms with Gasteiger partial charge in [-0.1, -0.05) is 13.8 Å². The zero-order valence-electron chi connectivity index (χ0n) is 20.8. The van der Waals surface area contributed by atoms with Crippen molar-refractivity contribution in [3.05, 3.63) is 0 Å². The summed E-state index contributed by atoms with van der Waals surface area (Å²) in [5.41, 5.74) is 5.42. The highest BCUT2D eigenvalue weighted by Crippen LogP contribution is 2.35. The molecule has 11 N–H and O–H groups in total. The Labute approximate surface area is 216 Å². The zero-order valence-corrected chi connectivity index (χ0v) is 21.7. The topological polar surface area (TPSA) is 304 Å². The van der Waals surface area contributed by atoms with Gasteiger partial charge in [0, 0.05) is 6.42 Å². The molecule has 0 aromatic carbocycles. The second-order valence-corrected chi connectivity index (χ2v) is 9.67. The zero-order chi connectivity index (χ0) is 29.8. The molecule has 38 heavy (non-hydrogen) atoms. The smallest absolute Gasteiger partial charge is 0.469 e. The van der Waals surface area contributed by atoms with Crippen molar-refractivity contribution < 1.29 is 63.0 Å². The van der Waals surface area contributed by atoms with E-state index in [0.29, 0.717) is 0 Å². The standard InChI is InChI=1S/C19H34N5O13P/c1-8(2)14(24-15(28)10(20)6-25)18(31)23-12(7-37-38(34,35)36)17(30)22-11(4-5-13(26)27)16(29)21-9(3)19(32)33/h8-12,14,25H,4-7,20H2,1-3H3,(H,21,29)(H,22,30)(H,23,31)(H,24,28)(H,26,27)(H,32,33)(H2,34,35,36)/t9-,10-,11-,12-,14-/m0/s1. The Balaban J connectivity index is 5.90. The summed E-state index contributed by atoms with van der Waals surface area (Å²) < 4.78 is 15.5. The number of aliphatic carboxylic acids is 2. The predicted octanol–water partition coefficient (Wildman–Crippen LogP) is -4.02. The summed E-state index contributed by atoms with van der Waals surface area (Å²) in [4.78, 5) is 90.3. The number of nitrogens with one attached hydrogen (secondary N) is 4. The molecule has 0 radical (unpaired) electrons. The third kappa shape index (κ3) is 13.4. The predicted molar refractivity (Wildman–Crippen MR) is 126 cm³/mol. The van der Waals surface area contributed by atoms with E-state index in [2.05, 4.69) is 20.5 Å². The van der Waals surface area contributed by atoms with E-state index in [9.17, 15) is 33.3 Å². The summed E-state index contributed by atoms with van der Waals surface area (Å²) in [5, 5.41) is 35.4. The molecule has 4 amide bonds. The molecule has 0 saturated heterocycles. The van der Waals surface area contributed by atoms with Crippen LogP contribution in [0.3, 0.4) is 0 Å². The van der Waals surface area contributed by atoms with Crippen LogP contribution in [-0.2, 0) is 37.9 Å². The Morgan fingerprint density at radius 2 is 1.37 bits per heavy atom. The number of phosphoric acid groups is 1. The first-order valence-electron chi connectivity index (χ1n) is 11.1. The third-order valence-corrected chi connectivity index (χ3v) is 5.32. The second-order valence-electron chi connectivity index (χ2n) is 8.43. The van der Waals surface area contributed by atoms with Gasteiger partial charge in [0.15, 0.2) is 0 Å².